The Bertz CT molecular complexity index is 1160. The first kappa shape index (κ1) is 15.9. The van der Waals surface area contributed by atoms with E-state index in [0.29, 0.717) is 0 Å². The Morgan fingerprint density at radius 3 is 2.15 bits per heavy atom. The predicted molar refractivity (Wildman–Crippen MR) is 84.5 cm³/mol. The summed E-state index contributed by atoms with van der Waals surface area (Å²) in [6.07, 6.45) is 0. The second kappa shape index (κ2) is 5.09. The molecule has 2 aliphatic heterocycles. The molecule has 3 aromatic carbocycles. The Labute approximate surface area is 149 Å². The molecule has 0 aromatic heterocycles. The number of ether oxygens (including phenoxy) is 2. The normalized spacial score (nSPS) is 19.2. The van der Waals surface area contributed by atoms with E-state index in [1.165, 1.54) is 24.3 Å². The van der Waals surface area contributed by atoms with Gasteiger partial charge in [-0.15, -0.1) is 0 Å². The van der Waals surface area contributed by atoms with E-state index in [1.807, 2.05) is 0 Å². The van der Waals surface area contributed by atoms with Crippen LogP contribution in [-0.4, -0.2) is 5.97 Å². The first-order chi connectivity index (χ1) is 13.0. The lowest BCUT2D eigenvalue weighted by molar-refractivity contribution is 0.0206. The van der Waals surface area contributed by atoms with Crippen molar-refractivity contribution < 1.29 is 31.8 Å². The molecular formula is C20H8F4O3. The van der Waals surface area contributed by atoms with Crippen molar-refractivity contribution in [2.24, 2.45) is 0 Å². The largest absolute Gasteiger partial charge is 0.453 e. The fraction of sp³-hybridized carbons (Fsp3) is 0.0500. The summed E-state index contributed by atoms with van der Waals surface area (Å²) in [5.41, 5.74) is -2.21. The highest BCUT2D eigenvalue weighted by atomic mass is 19.2. The summed E-state index contributed by atoms with van der Waals surface area (Å²) in [5.74, 6) is -8.99. The number of halogens is 4. The Kier molecular flexibility index (Phi) is 2.99. The van der Waals surface area contributed by atoms with Crippen LogP contribution in [0.3, 0.4) is 0 Å². The second-order valence-electron chi connectivity index (χ2n) is 6.17. The van der Waals surface area contributed by atoms with Crippen LogP contribution in [0, 0.1) is 23.3 Å². The Hall–Kier alpha value is -3.35. The molecule has 1 spiro atoms. The van der Waals surface area contributed by atoms with Crippen molar-refractivity contribution in [1.29, 1.82) is 0 Å². The third-order valence-electron chi connectivity index (χ3n) is 4.83. The van der Waals surface area contributed by atoms with E-state index in [0.717, 1.165) is 0 Å². The number of hydrogen-bond donors (Lipinski definition) is 0. The molecule has 3 nitrogen and oxygen atoms in total. The minimum atomic E-state index is -2.01. The molecule has 0 N–H and O–H groups in total. The number of hydrogen-bond acceptors (Lipinski definition) is 3. The van der Waals surface area contributed by atoms with Gasteiger partial charge in [0.15, 0.2) is 23.0 Å². The number of carbonyl (C=O) groups excluding carboxylic acids is 1. The molecule has 0 saturated carbocycles. The average Bonchev–Trinajstić information content (AvgIpc) is 2.98. The third kappa shape index (κ3) is 1.78. The summed E-state index contributed by atoms with van der Waals surface area (Å²) in [6.45, 7) is 0. The van der Waals surface area contributed by atoms with Crippen LogP contribution in [-0.2, 0) is 10.3 Å². The lowest BCUT2D eigenvalue weighted by Crippen LogP contribution is -2.35. The van der Waals surface area contributed by atoms with Gasteiger partial charge in [0.2, 0.25) is 11.6 Å². The molecular weight excluding hydrogens is 364 g/mol. The van der Waals surface area contributed by atoms with Crippen LogP contribution in [0.25, 0.3) is 0 Å². The molecule has 0 fully saturated rings. The third-order valence-corrected chi connectivity index (χ3v) is 4.83. The summed E-state index contributed by atoms with van der Waals surface area (Å²) in [5, 5.41) is 0. The van der Waals surface area contributed by atoms with Crippen molar-refractivity contribution in [3.05, 3.63) is 94.1 Å². The molecule has 1 unspecified atom stereocenters. The van der Waals surface area contributed by atoms with Crippen molar-refractivity contribution in [3.8, 4) is 11.5 Å². The highest BCUT2D eigenvalue weighted by Gasteiger charge is 2.56. The van der Waals surface area contributed by atoms with E-state index in [4.69, 9.17) is 9.47 Å². The second-order valence-corrected chi connectivity index (χ2v) is 6.17. The topological polar surface area (TPSA) is 35.5 Å². The lowest BCUT2D eigenvalue weighted by Gasteiger charge is -2.36. The summed E-state index contributed by atoms with van der Waals surface area (Å²) in [6, 6.07) is 12.2. The van der Waals surface area contributed by atoms with Gasteiger partial charge in [-0.1, -0.05) is 36.4 Å². The monoisotopic (exact) mass is 372 g/mol. The van der Waals surface area contributed by atoms with Gasteiger partial charge in [-0.3, -0.25) is 0 Å². The molecule has 0 saturated heterocycles. The van der Waals surface area contributed by atoms with Crippen molar-refractivity contribution >= 4 is 5.97 Å². The van der Waals surface area contributed by atoms with Crippen LogP contribution in [0.4, 0.5) is 17.6 Å². The quantitative estimate of drug-likeness (QED) is 0.246. The van der Waals surface area contributed by atoms with Crippen LogP contribution in [0.2, 0.25) is 0 Å². The Balaban J connectivity index is 1.99. The highest BCUT2D eigenvalue weighted by molar-refractivity contribution is 5.97. The summed E-state index contributed by atoms with van der Waals surface area (Å²) >= 11 is 0. The van der Waals surface area contributed by atoms with Gasteiger partial charge in [0.25, 0.3) is 0 Å². The number of para-hydroxylation sites is 1. The smallest absolute Gasteiger partial charge is 0.340 e. The van der Waals surface area contributed by atoms with Gasteiger partial charge in [0.1, 0.15) is 5.75 Å². The molecule has 5 rings (SSSR count). The predicted octanol–water partition coefficient (Wildman–Crippen LogP) is 4.81. The summed E-state index contributed by atoms with van der Waals surface area (Å²) in [4.78, 5) is 12.5. The maximum atomic E-state index is 14.9. The maximum absolute atomic E-state index is 14.9. The van der Waals surface area contributed by atoms with Gasteiger partial charge in [-0.2, -0.15) is 4.39 Å². The van der Waals surface area contributed by atoms with Gasteiger partial charge < -0.3 is 9.47 Å². The number of rotatable bonds is 0. The van der Waals surface area contributed by atoms with Crippen molar-refractivity contribution in [3.63, 3.8) is 0 Å². The summed E-state index contributed by atoms with van der Waals surface area (Å²) in [7, 11) is 0. The fourth-order valence-electron chi connectivity index (χ4n) is 3.72. The van der Waals surface area contributed by atoms with Crippen LogP contribution >= 0.6 is 0 Å². The molecule has 2 aliphatic rings. The lowest BCUT2D eigenvalue weighted by atomic mass is 9.77. The van der Waals surface area contributed by atoms with Crippen LogP contribution < -0.4 is 4.74 Å². The van der Waals surface area contributed by atoms with Crippen LogP contribution in [0.15, 0.2) is 48.5 Å². The maximum Gasteiger partial charge on any atom is 0.340 e. The van der Waals surface area contributed by atoms with Crippen LogP contribution in [0.1, 0.15) is 27.0 Å². The van der Waals surface area contributed by atoms with E-state index in [-0.39, 0.29) is 22.4 Å². The molecule has 1 atom stereocenters. The molecule has 3 aromatic rings. The van der Waals surface area contributed by atoms with E-state index >= 15 is 0 Å². The number of fused-ring (bicyclic) bond motifs is 6. The minimum Gasteiger partial charge on any atom is -0.453 e. The molecule has 0 amide bonds. The standard InChI is InChI=1S/C20H8F4O3/c21-14-13-18(17(24)16(23)15(14)22)26-12-8-4-3-7-11(12)20(13)10-6-2-1-5-9(10)19(25)27-20/h1-8H. The van der Waals surface area contributed by atoms with Crippen molar-refractivity contribution in [2.45, 2.75) is 5.60 Å². The zero-order valence-electron chi connectivity index (χ0n) is 13.4. The molecule has 2 heterocycles. The number of esters is 1. The van der Waals surface area contributed by atoms with E-state index < -0.39 is 46.2 Å². The SMILES string of the molecule is O=C1OC2(c3ccccc3Oc3c(F)c(F)c(F)c(F)c32)c2ccccc21. The van der Waals surface area contributed by atoms with Crippen LogP contribution in [0.5, 0.6) is 11.5 Å². The molecule has 0 radical (unpaired) electrons. The Morgan fingerprint density at radius 2 is 1.37 bits per heavy atom. The number of carbonyl (C=O) groups is 1. The van der Waals surface area contributed by atoms with E-state index in [9.17, 15) is 22.4 Å². The van der Waals surface area contributed by atoms with Gasteiger partial charge >= 0.3 is 5.97 Å². The van der Waals surface area contributed by atoms with E-state index in [1.54, 1.807) is 24.3 Å². The zero-order valence-corrected chi connectivity index (χ0v) is 13.4. The van der Waals surface area contributed by atoms with Crippen molar-refractivity contribution in [2.75, 3.05) is 0 Å². The molecule has 0 aliphatic carbocycles. The average molecular weight is 372 g/mol. The fourth-order valence-corrected chi connectivity index (χ4v) is 3.72. The van der Waals surface area contributed by atoms with E-state index in [2.05, 4.69) is 0 Å². The van der Waals surface area contributed by atoms with Gasteiger partial charge in [-0.05, 0) is 12.1 Å². The van der Waals surface area contributed by atoms with Gasteiger partial charge in [-0.25, -0.2) is 18.0 Å². The molecule has 7 heteroatoms. The van der Waals surface area contributed by atoms with Crippen molar-refractivity contribution in [1.82, 2.24) is 0 Å². The highest BCUT2D eigenvalue weighted by Crippen LogP contribution is 2.57. The van der Waals surface area contributed by atoms with Gasteiger partial charge in [0, 0.05) is 11.1 Å². The number of benzene rings is 3. The van der Waals surface area contributed by atoms with Gasteiger partial charge in [0.05, 0.1) is 11.1 Å². The Morgan fingerprint density at radius 1 is 0.741 bits per heavy atom. The summed E-state index contributed by atoms with van der Waals surface area (Å²) < 4.78 is 68.1. The first-order valence-corrected chi connectivity index (χ1v) is 7.93. The minimum absolute atomic E-state index is 0.0406. The molecule has 134 valence electrons. The molecule has 27 heavy (non-hydrogen) atoms. The first-order valence-electron chi connectivity index (χ1n) is 7.93. The molecule has 0 bridgehead atoms. The zero-order chi connectivity index (χ0) is 18.9.